The molecular formula is C27H28N4O3. The van der Waals surface area contributed by atoms with Gasteiger partial charge in [0.2, 0.25) is 5.91 Å². The van der Waals surface area contributed by atoms with Crippen molar-refractivity contribution in [2.45, 2.75) is 19.4 Å². The van der Waals surface area contributed by atoms with E-state index in [1.807, 2.05) is 84.9 Å². The number of fused-ring (bicyclic) bond motifs is 1. The zero-order valence-electron chi connectivity index (χ0n) is 19.2. The lowest BCUT2D eigenvalue weighted by Crippen LogP contribution is -2.40. The predicted octanol–water partition coefficient (Wildman–Crippen LogP) is 3.75. The van der Waals surface area contributed by atoms with Gasteiger partial charge in [-0.25, -0.2) is 9.80 Å². The molecule has 1 amide bonds. The van der Waals surface area contributed by atoms with E-state index in [1.165, 1.54) is 0 Å². The first-order valence-corrected chi connectivity index (χ1v) is 11.3. The van der Waals surface area contributed by atoms with Gasteiger partial charge < -0.3 is 9.74 Å². The maximum absolute atomic E-state index is 13.1. The first-order valence-electron chi connectivity index (χ1n) is 11.3. The fourth-order valence-electron chi connectivity index (χ4n) is 3.87. The van der Waals surface area contributed by atoms with Crippen LogP contribution in [0.15, 0.2) is 89.9 Å². The number of aliphatic imine (C=N–C) groups is 1. The molecule has 0 fully saturated rings. The van der Waals surface area contributed by atoms with E-state index in [1.54, 1.807) is 17.0 Å². The Morgan fingerprint density at radius 3 is 2.35 bits per heavy atom. The van der Waals surface area contributed by atoms with E-state index in [0.717, 1.165) is 22.4 Å². The molecule has 1 aliphatic rings. The van der Waals surface area contributed by atoms with Gasteiger partial charge >= 0.3 is 5.97 Å². The highest BCUT2D eigenvalue weighted by atomic mass is 16.7. The molecule has 3 aromatic carbocycles. The minimum Gasteiger partial charge on any atom is -0.354 e. The average molecular weight is 457 g/mol. The third-order valence-electron chi connectivity index (χ3n) is 5.63. The van der Waals surface area contributed by atoms with Gasteiger partial charge in [0.05, 0.1) is 11.4 Å². The highest BCUT2D eigenvalue weighted by molar-refractivity contribution is 6.17. The van der Waals surface area contributed by atoms with Crippen molar-refractivity contribution in [2.24, 2.45) is 4.99 Å². The van der Waals surface area contributed by atoms with Crippen LogP contribution in [0.4, 0.5) is 5.69 Å². The number of rotatable bonds is 3. The average Bonchev–Trinajstić information content (AvgIpc) is 2.88. The standard InChI is InChI=1S/C27H28N4O3/c1-30-24-16-9-8-15-23(24)27(22-13-6-3-7-14-22)28-19-26(33)34-29-31(18-10-17-25(30)32)20-21-11-4-2-5-12-21/h2-9,11-16,29H,10,17-20H2,1H3/b28-27+. The van der Waals surface area contributed by atoms with Crippen LogP contribution in [0.2, 0.25) is 0 Å². The molecule has 4 rings (SSSR count). The zero-order chi connectivity index (χ0) is 23.8. The Labute approximate surface area is 199 Å². The van der Waals surface area contributed by atoms with E-state index in [9.17, 15) is 9.59 Å². The molecule has 1 N–H and O–H groups in total. The Bertz CT molecular complexity index is 1150. The van der Waals surface area contributed by atoms with Gasteiger partial charge in [-0.05, 0) is 18.1 Å². The second-order valence-corrected chi connectivity index (χ2v) is 8.08. The van der Waals surface area contributed by atoms with Crippen LogP contribution < -0.4 is 10.5 Å². The largest absolute Gasteiger partial charge is 0.354 e. The molecule has 0 bridgehead atoms. The van der Waals surface area contributed by atoms with Crippen molar-refractivity contribution < 1.29 is 14.4 Å². The molecule has 0 radical (unpaired) electrons. The van der Waals surface area contributed by atoms with E-state index in [4.69, 9.17) is 4.84 Å². The number of anilines is 1. The number of nitrogens with one attached hydrogen (secondary N) is 1. The molecule has 0 saturated heterocycles. The number of para-hydroxylation sites is 1. The summed E-state index contributed by atoms with van der Waals surface area (Å²) in [7, 11) is 1.78. The van der Waals surface area contributed by atoms with Crippen LogP contribution in [0.25, 0.3) is 0 Å². The van der Waals surface area contributed by atoms with Gasteiger partial charge in [-0.3, -0.25) is 9.79 Å². The summed E-state index contributed by atoms with van der Waals surface area (Å²) in [4.78, 5) is 37.3. The summed E-state index contributed by atoms with van der Waals surface area (Å²) in [5.74, 6) is -0.487. The van der Waals surface area contributed by atoms with Gasteiger partial charge in [0.25, 0.3) is 0 Å². The molecule has 0 aromatic heterocycles. The summed E-state index contributed by atoms with van der Waals surface area (Å²) in [6, 6.07) is 27.1. The summed E-state index contributed by atoms with van der Waals surface area (Å²) < 4.78 is 0. The molecule has 1 aliphatic heterocycles. The lowest BCUT2D eigenvalue weighted by Gasteiger charge is -2.25. The number of hydrogen-bond donors (Lipinski definition) is 1. The highest BCUT2D eigenvalue weighted by Crippen LogP contribution is 2.24. The van der Waals surface area contributed by atoms with Crippen LogP contribution in [0.1, 0.15) is 29.5 Å². The minimum absolute atomic E-state index is 0.00794. The van der Waals surface area contributed by atoms with Crippen molar-refractivity contribution in [3.05, 3.63) is 102 Å². The molecule has 0 atom stereocenters. The Hall–Kier alpha value is -3.81. The van der Waals surface area contributed by atoms with Gasteiger partial charge in [0.1, 0.15) is 6.54 Å². The fourth-order valence-corrected chi connectivity index (χ4v) is 3.87. The van der Waals surface area contributed by atoms with Crippen molar-refractivity contribution in [1.29, 1.82) is 0 Å². The molecule has 0 spiro atoms. The number of amides is 1. The topological polar surface area (TPSA) is 74.2 Å². The van der Waals surface area contributed by atoms with Crippen LogP contribution in [0.5, 0.6) is 0 Å². The smallest absolute Gasteiger partial charge is 0.347 e. The second kappa shape index (κ2) is 11.4. The number of nitrogens with zero attached hydrogens (tertiary/aromatic N) is 3. The molecule has 7 nitrogen and oxygen atoms in total. The number of carbonyl (C=O) groups is 2. The maximum Gasteiger partial charge on any atom is 0.347 e. The first kappa shape index (κ1) is 23.4. The third-order valence-corrected chi connectivity index (χ3v) is 5.63. The Morgan fingerprint density at radius 1 is 0.912 bits per heavy atom. The molecule has 0 aliphatic carbocycles. The van der Waals surface area contributed by atoms with Crippen LogP contribution in [0.3, 0.4) is 0 Å². The van der Waals surface area contributed by atoms with Crippen molar-refractivity contribution in [3.8, 4) is 0 Å². The zero-order valence-corrected chi connectivity index (χ0v) is 19.2. The van der Waals surface area contributed by atoms with Crippen molar-refractivity contribution in [2.75, 3.05) is 25.0 Å². The number of benzene rings is 3. The molecule has 174 valence electrons. The van der Waals surface area contributed by atoms with Crippen LogP contribution in [-0.2, 0) is 21.0 Å². The van der Waals surface area contributed by atoms with Gasteiger partial charge in [-0.15, -0.1) is 0 Å². The summed E-state index contributed by atoms with van der Waals surface area (Å²) in [6.07, 6.45) is 0.950. The SMILES string of the molecule is CN1C(=O)CCCN(Cc2ccccc2)NOC(=O)C/N=C(\c2ccccc2)c2ccccc21. The van der Waals surface area contributed by atoms with Crippen LogP contribution in [-0.4, -0.2) is 42.7 Å². The minimum atomic E-state index is -0.495. The lowest BCUT2D eigenvalue weighted by atomic mass is 9.99. The summed E-state index contributed by atoms with van der Waals surface area (Å²) in [5, 5.41) is 1.79. The second-order valence-electron chi connectivity index (χ2n) is 8.08. The maximum atomic E-state index is 13.1. The Balaban J connectivity index is 1.65. The number of hydrazine groups is 1. The van der Waals surface area contributed by atoms with Crippen molar-refractivity contribution in [3.63, 3.8) is 0 Å². The molecule has 34 heavy (non-hydrogen) atoms. The van der Waals surface area contributed by atoms with Crippen molar-refractivity contribution >= 4 is 23.3 Å². The van der Waals surface area contributed by atoms with Gasteiger partial charge in [-0.1, -0.05) is 84.5 Å². The quantitative estimate of drug-likeness (QED) is 0.650. The number of carbonyl (C=O) groups excluding carboxylic acids is 2. The van der Waals surface area contributed by atoms with Gasteiger partial charge in [-0.2, -0.15) is 0 Å². The van der Waals surface area contributed by atoms with Crippen LogP contribution in [0, 0.1) is 0 Å². The lowest BCUT2D eigenvalue weighted by molar-refractivity contribution is -0.164. The molecule has 1 heterocycles. The molecule has 0 unspecified atom stereocenters. The summed E-state index contributed by atoms with van der Waals surface area (Å²) >= 11 is 0. The third kappa shape index (κ3) is 5.95. The summed E-state index contributed by atoms with van der Waals surface area (Å²) in [5.41, 5.74) is 6.85. The van der Waals surface area contributed by atoms with Crippen molar-refractivity contribution in [1.82, 2.24) is 10.6 Å². The summed E-state index contributed by atoms with van der Waals surface area (Å²) in [6.45, 7) is 0.893. The Kier molecular flexibility index (Phi) is 7.80. The highest BCUT2D eigenvalue weighted by Gasteiger charge is 2.20. The Morgan fingerprint density at radius 2 is 1.59 bits per heavy atom. The molecule has 0 saturated carbocycles. The van der Waals surface area contributed by atoms with E-state index < -0.39 is 5.97 Å². The van der Waals surface area contributed by atoms with E-state index in [0.29, 0.717) is 31.6 Å². The first-order chi connectivity index (χ1) is 16.6. The number of hydrogen-bond acceptors (Lipinski definition) is 6. The van der Waals surface area contributed by atoms with E-state index in [2.05, 4.69) is 10.6 Å². The van der Waals surface area contributed by atoms with Gasteiger partial charge in [0, 0.05) is 37.7 Å². The van der Waals surface area contributed by atoms with Gasteiger partial charge in [0.15, 0.2) is 0 Å². The fraction of sp³-hybridized carbons (Fsp3) is 0.222. The normalized spacial score (nSPS) is 17.8. The van der Waals surface area contributed by atoms with Crippen LogP contribution >= 0.6 is 0 Å². The van der Waals surface area contributed by atoms with E-state index in [-0.39, 0.29) is 12.5 Å². The van der Waals surface area contributed by atoms with E-state index >= 15 is 0 Å². The predicted molar refractivity (Wildman–Crippen MR) is 132 cm³/mol. The monoisotopic (exact) mass is 456 g/mol. The molecule has 7 heteroatoms. The molecule has 3 aromatic rings. The molecular weight excluding hydrogens is 428 g/mol.